The van der Waals surface area contributed by atoms with E-state index in [1.54, 1.807) is 6.08 Å². The number of carbonyl (C=O) groups is 1. The van der Waals surface area contributed by atoms with Crippen LogP contribution in [0.1, 0.15) is 6.42 Å². The third-order valence-electron chi connectivity index (χ3n) is 2.33. The standard InChI is InChI=1S/C8H10O3/c9-7-2-1-5-4-11-8(10)3-6(5)7/h1-2,5-6,8,10H,3-4H2. The van der Waals surface area contributed by atoms with Gasteiger partial charge in [0.25, 0.3) is 0 Å². The molecule has 1 fully saturated rings. The Kier molecular flexibility index (Phi) is 1.55. The molecular weight excluding hydrogens is 144 g/mol. The zero-order chi connectivity index (χ0) is 7.84. The Balaban J connectivity index is 2.11. The summed E-state index contributed by atoms with van der Waals surface area (Å²) in [6.45, 7) is 0.480. The molecule has 1 saturated heterocycles. The van der Waals surface area contributed by atoms with Crippen molar-refractivity contribution in [2.75, 3.05) is 6.61 Å². The highest BCUT2D eigenvalue weighted by molar-refractivity contribution is 5.94. The van der Waals surface area contributed by atoms with E-state index in [1.807, 2.05) is 6.08 Å². The lowest BCUT2D eigenvalue weighted by atomic mass is 9.90. The number of ketones is 1. The summed E-state index contributed by atoms with van der Waals surface area (Å²) in [6, 6.07) is 0. The van der Waals surface area contributed by atoms with Gasteiger partial charge in [-0.2, -0.15) is 0 Å². The highest BCUT2D eigenvalue weighted by Crippen LogP contribution is 2.31. The number of hydrogen-bond donors (Lipinski definition) is 1. The molecule has 0 radical (unpaired) electrons. The molecule has 1 aliphatic heterocycles. The zero-order valence-corrected chi connectivity index (χ0v) is 6.06. The van der Waals surface area contributed by atoms with Crippen LogP contribution in [0, 0.1) is 11.8 Å². The molecule has 0 bridgehead atoms. The van der Waals surface area contributed by atoms with E-state index in [4.69, 9.17) is 9.84 Å². The number of aliphatic hydroxyl groups excluding tert-OH is 1. The summed E-state index contributed by atoms with van der Waals surface area (Å²) in [4.78, 5) is 11.1. The SMILES string of the molecule is O=C1C=CC2COC(O)CC12. The fraction of sp³-hybridized carbons (Fsp3) is 0.625. The van der Waals surface area contributed by atoms with Crippen molar-refractivity contribution < 1.29 is 14.6 Å². The summed E-state index contributed by atoms with van der Waals surface area (Å²) in [5, 5.41) is 9.07. The third kappa shape index (κ3) is 1.10. The Hall–Kier alpha value is -0.670. The summed E-state index contributed by atoms with van der Waals surface area (Å²) in [7, 11) is 0. The van der Waals surface area contributed by atoms with Gasteiger partial charge < -0.3 is 9.84 Å². The molecule has 3 heteroatoms. The molecule has 60 valence electrons. The minimum Gasteiger partial charge on any atom is -0.368 e. The number of aliphatic hydroxyl groups is 1. The van der Waals surface area contributed by atoms with Crippen molar-refractivity contribution in [2.45, 2.75) is 12.7 Å². The molecule has 3 nitrogen and oxygen atoms in total. The van der Waals surface area contributed by atoms with Crippen LogP contribution < -0.4 is 0 Å². The van der Waals surface area contributed by atoms with E-state index in [-0.39, 0.29) is 17.6 Å². The molecule has 2 aliphatic rings. The van der Waals surface area contributed by atoms with Gasteiger partial charge >= 0.3 is 0 Å². The van der Waals surface area contributed by atoms with Crippen LogP contribution in [-0.2, 0) is 9.53 Å². The second-order valence-corrected chi connectivity index (χ2v) is 3.06. The predicted molar refractivity (Wildman–Crippen MR) is 37.7 cm³/mol. The van der Waals surface area contributed by atoms with Crippen LogP contribution in [0.4, 0.5) is 0 Å². The molecule has 0 aromatic carbocycles. The lowest BCUT2D eigenvalue weighted by Gasteiger charge is -2.27. The van der Waals surface area contributed by atoms with Crippen LogP contribution in [0.5, 0.6) is 0 Å². The first-order valence-corrected chi connectivity index (χ1v) is 3.79. The van der Waals surface area contributed by atoms with E-state index in [9.17, 15) is 4.79 Å². The van der Waals surface area contributed by atoms with Gasteiger partial charge in [-0.3, -0.25) is 4.79 Å². The summed E-state index contributed by atoms with van der Waals surface area (Å²) >= 11 is 0. The highest BCUT2D eigenvalue weighted by atomic mass is 16.6. The minimum absolute atomic E-state index is 0.0150. The minimum atomic E-state index is -0.736. The van der Waals surface area contributed by atoms with Gasteiger partial charge in [-0.05, 0) is 6.08 Å². The smallest absolute Gasteiger partial charge is 0.159 e. The Bertz CT molecular complexity index is 209. The van der Waals surface area contributed by atoms with Crippen LogP contribution in [0.25, 0.3) is 0 Å². The van der Waals surface area contributed by atoms with Crippen LogP contribution in [0.3, 0.4) is 0 Å². The number of ether oxygens (including phenoxy) is 1. The summed E-state index contributed by atoms with van der Waals surface area (Å²) < 4.78 is 4.99. The monoisotopic (exact) mass is 154 g/mol. The van der Waals surface area contributed by atoms with Crippen molar-refractivity contribution in [1.82, 2.24) is 0 Å². The number of fused-ring (bicyclic) bond motifs is 1. The Morgan fingerprint density at radius 2 is 2.45 bits per heavy atom. The average molecular weight is 154 g/mol. The van der Waals surface area contributed by atoms with E-state index in [0.717, 1.165) is 0 Å². The van der Waals surface area contributed by atoms with E-state index in [0.29, 0.717) is 13.0 Å². The van der Waals surface area contributed by atoms with Gasteiger partial charge in [0.15, 0.2) is 12.1 Å². The van der Waals surface area contributed by atoms with Crippen molar-refractivity contribution >= 4 is 5.78 Å². The van der Waals surface area contributed by atoms with Gasteiger partial charge in [0.1, 0.15) is 0 Å². The number of carbonyl (C=O) groups excluding carboxylic acids is 1. The number of rotatable bonds is 0. The maximum atomic E-state index is 11.1. The molecule has 0 saturated carbocycles. The molecule has 3 unspecified atom stereocenters. The van der Waals surface area contributed by atoms with Crippen molar-refractivity contribution in [1.29, 1.82) is 0 Å². The fourth-order valence-corrected chi connectivity index (χ4v) is 1.66. The van der Waals surface area contributed by atoms with E-state index >= 15 is 0 Å². The number of allylic oxidation sites excluding steroid dienone is 1. The number of hydrogen-bond acceptors (Lipinski definition) is 3. The lowest BCUT2D eigenvalue weighted by Crippen LogP contribution is -2.33. The van der Waals surface area contributed by atoms with Gasteiger partial charge in [0, 0.05) is 18.3 Å². The first kappa shape index (κ1) is 7.00. The third-order valence-corrected chi connectivity index (χ3v) is 2.33. The molecule has 1 heterocycles. The van der Waals surface area contributed by atoms with Gasteiger partial charge in [-0.1, -0.05) is 6.08 Å². The second kappa shape index (κ2) is 2.43. The fourth-order valence-electron chi connectivity index (χ4n) is 1.66. The molecule has 11 heavy (non-hydrogen) atoms. The van der Waals surface area contributed by atoms with Gasteiger partial charge in [-0.25, -0.2) is 0 Å². The molecule has 0 aromatic rings. The van der Waals surface area contributed by atoms with Crippen molar-refractivity contribution in [3.05, 3.63) is 12.2 Å². The van der Waals surface area contributed by atoms with Crippen molar-refractivity contribution in [3.63, 3.8) is 0 Å². The Labute approximate surface area is 64.7 Å². The Morgan fingerprint density at radius 1 is 1.64 bits per heavy atom. The van der Waals surface area contributed by atoms with Crippen molar-refractivity contribution in [3.8, 4) is 0 Å². The van der Waals surface area contributed by atoms with Crippen LogP contribution in [0.15, 0.2) is 12.2 Å². The molecule has 0 amide bonds. The van der Waals surface area contributed by atoms with E-state index < -0.39 is 6.29 Å². The zero-order valence-electron chi connectivity index (χ0n) is 6.06. The molecule has 3 atom stereocenters. The van der Waals surface area contributed by atoms with Crippen LogP contribution in [-0.4, -0.2) is 23.8 Å². The van der Waals surface area contributed by atoms with Crippen molar-refractivity contribution in [2.24, 2.45) is 11.8 Å². The van der Waals surface area contributed by atoms with E-state index in [2.05, 4.69) is 0 Å². The normalized spacial score (nSPS) is 42.6. The Morgan fingerprint density at radius 3 is 3.27 bits per heavy atom. The average Bonchev–Trinajstić information content (AvgIpc) is 2.33. The van der Waals surface area contributed by atoms with Gasteiger partial charge in [-0.15, -0.1) is 0 Å². The van der Waals surface area contributed by atoms with Crippen LogP contribution >= 0.6 is 0 Å². The van der Waals surface area contributed by atoms with Crippen LogP contribution in [0.2, 0.25) is 0 Å². The summed E-state index contributed by atoms with van der Waals surface area (Å²) in [6.07, 6.45) is 3.19. The molecular formula is C8H10O3. The molecule has 1 N–H and O–H groups in total. The summed E-state index contributed by atoms with van der Waals surface area (Å²) in [5.74, 6) is 0.335. The molecule has 0 spiro atoms. The first-order chi connectivity index (χ1) is 5.27. The van der Waals surface area contributed by atoms with Gasteiger partial charge in [0.2, 0.25) is 0 Å². The molecule has 0 aromatic heterocycles. The topological polar surface area (TPSA) is 46.5 Å². The highest BCUT2D eigenvalue weighted by Gasteiger charge is 2.36. The second-order valence-electron chi connectivity index (χ2n) is 3.06. The lowest BCUT2D eigenvalue weighted by molar-refractivity contribution is -0.157. The molecule has 1 aliphatic carbocycles. The first-order valence-electron chi connectivity index (χ1n) is 3.79. The quantitative estimate of drug-likeness (QED) is 0.538. The van der Waals surface area contributed by atoms with E-state index in [1.165, 1.54) is 0 Å². The predicted octanol–water partition coefficient (Wildman–Crippen LogP) is 0.0964. The maximum absolute atomic E-state index is 11.1. The van der Waals surface area contributed by atoms with Gasteiger partial charge in [0.05, 0.1) is 6.61 Å². The largest absolute Gasteiger partial charge is 0.368 e. The maximum Gasteiger partial charge on any atom is 0.159 e. The summed E-state index contributed by atoms with van der Waals surface area (Å²) in [5.41, 5.74) is 0. The molecule has 2 rings (SSSR count).